The van der Waals surface area contributed by atoms with Gasteiger partial charge in [0.2, 0.25) is 0 Å². The van der Waals surface area contributed by atoms with Crippen molar-refractivity contribution >= 4 is 5.97 Å². The second kappa shape index (κ2) is 6.69. The molecular weight excluding hydrogens is 202 g/mol. The lowest BCUT2D eigenvalue weighted by Crippen LogP contribution is -2.48. The molecule has 94 valence electrons. The number of nitrogens with two attached hydrogens (primary N) is 1. The zero-order chi connectivity index (χ0) is 12.8. The van der Waals surface area contributed by atoms with Crippen LogP contribution < -0.4 is 5.73 Å². The molecule has 0 aromatic carbocycles. The fourth-order valence-corrected chi connectivity index (χ4v) is 1.82. The Hall–Kier alpha value is -0.830. The summed E-state index contributed by atoms with van der Waals surface area (Å²) in [6.07, 6.45) is 2.71. The maximum absolute atomic E-state index is 11.3. The van der Waals surface area contributed by atoms with Crippen LogP contribution in [0.5, 0.6) is 0 Å². The minimum atomic E-state index is -0.326. The van der Waals surface area contributed by atoms with Crippen molar-refractivity contribution in [2.24, 2.45) is 11.7 Å². The summed E-state index contributed by atoms with van der Waals surface area (Å²) in [4.78, 5) is 11.3. The average Bonchev–Trinajstić information content (AvgIpc) is 2.28. The second-order valence-electron chi connectivity index (χ2n) is 4.42. The van der Waals surface area contributed by atoms with Crippen molar-refractivity contribution < 1.29 is 9.53 Å². The van der Waals surface area contributed by atoms with Crippen LogP contribution in [0.4, 0.5) is 0 Å². The van der Waals surface area contributed by atoms with Crippen LogP contribution in [0.2, 0.25) is 0 Å². The van der Waals surface area contributed by atoms with E-state index in [0.29, 0.717) is 12.2 Å². The van der Waals surface area contributed by atoms with Gasteiger partial charge in [-0.3, -0.25) is 0 Å². The van der Waals surface area contributed by atoms with E-state index >= 15 is 0 Å². The maximum atomic E-state index is 11.3. The van der Waals surface area contributed by atoms with Gasteiger partial charge in [0, 0.05) is 17.0 Å². The number of carbonyl (C=O) groups excluding carboxylic acids is 1. The van der Waals surface area contributed by atoms with E-state index in [1.807, 2.05) is 0 Å². The molecule has 2 N–H and O–H groups in total. The number of carbonyl (C=O) groups is 1. The Labute approximate surface area is 99.0 Å². The Morgan fingerprint density at radius 3 is 2.19 bits per heavy atom. The molecule has 0 radical (unpaired) electrons. The van der Waals surface area contributed by atoms with Gasteiger partial charge in [-0.25, -0.2) is 4.79 Å². The topological polar surface area (TPSA) is 52.3 Å². The van der Waals surface area contributed by atoms with E-state index < -0.39 is 0 Å². The lowest BCUT2D eigenvalue weighted by Gasteiger charge is -2.35. The molecule has 0 aromatic heterocycles. The van der Waals surface area contributed by atoms with Crippen molar-refractivity contribution in [1.82, 2.24) is 0 Å². The summed E-state index contributed by atoms with van der Waals surface area (Å²) < 4.78 is 5.19. The molecule has 1 unspecified atom stereocenters. The van der Waals surface area contributed by atoms with E-state index in [0.717, 1.165) is 19.3 Å². The van der Waals surface area contributed by atoms with Crippen LogP contribution in [-0.2, 0) is 9.53 Å². The minimum absolute atomic E-state index is 0.214. The largest absolute Gasteiger partial charge is 0.462 e. The summed E-state index contributed by atoms with van der Waals surface area (Å²) in [6.45, 7) is 11.8. The molecule has 3 nitrogen and oxygen atoms in total. The molecular formula is C13H25NO2. The molecule has 0 heterocycles. The SMILES string of the molecule is C=C(C)C(=O)OCC(CC)C(N)(CC)CC. The average molecular weight is 227 g/mol. The lowest BCUT2D eigenvalue weighted by atomic mass is 9.79. The lowest BCUT2D eigenvalue weighted by molar-refractivity contribution is -0.141. The molecule has 0 aliphatic carbocycles. The smallest absolute Gasteiger partial charge is 0.333 e. The van der Waals surface area contributed by atoms with Gasteiger partial charge >= 0.3 is 5.97 Å². The monoisotopic (exact) mass is 227 g/mol. The third kappa shape index (κ3) is 3.97. The number of ether oxygens (including phenoxy) is 1. The van der Waals surface area contributed by atoms with Gasteiger partial charge in [-0.1, -0.05) is 27.4 Å². The van der Waals surface area contributed by atoms with Gasteiger partial charge in [0.15, 0.2) is 0 Å². The molecule has 0 saturated heterocycles. The number of esters is 1. The predicted octanol–water partition coefficient (Wildman–Crippen LogP) is 2.65. The molecule has 0 aliphatic heterocycles. The van der Waals surface area contributed by atoms with E-state index in [9.17, 15) is 4.79 Å². The van der Waals surface area contributed by atoms with E-state index in [4.69, 9.17) is 10.5 Å². The summed E-state index contributed by atoms with van der Waals surface area (Å²) in [5, 5.41) is 0. The van der Waals surface area contributed by atoms with Crippen LogP contribution in [0.1, 0.15) is 47.0 Å². The Kier molecular flexibility index (Phi) is 6.34. The molecule has 0 rings (SSSR count). The van der Waals surface area contributed by atoms with Crippen molar-refractivity contribution in [3.05, 3.63) is 12.2 Å². The predicted molar refractivity (Wildman–Crippen MR) is 67.1 cm³/mol. The fraction of sp³-hybridized carbons (Fsp3) is 0.769. The van der Waals surface area contributed by atoms with Crippen LogP contribution in [0.15, 0.2) is 12.2 Å². The maximum Gasteiger partial charge on any atom is 0.333 e. The highest BCUT2D eigenvalue weighted by molar-refractivity contribution is 5.86. The van der Waals surface area contributed by atoms with Crippen LogP contribution in [-0.4, -0.2) is 18.1 Å². The van der Waals surface area contributed by atoms with E-state index in [-0.39, 0.29) is 17.4 Å². The fourth-order valence-electron chi connectivity index (χ4n) is 1.82. The molecule has 16 heavy (non-hydrogen) atoms. The molecule has 0 saturated carbocycles. The van der Waals surface area contributed by atoms with Gasteiger partial charge in [0.05, 0.1) is 6.61 Å². The Bertz CT molecular complexity index is 244. The van der Waals surface area contributed by atoms with Gasteiger partial charge in [0.25, 0.3) is 0 Å². The first-order valence-corrected chi connectivity index (χ1v) is 6.02. The highest BCUT2D eigenvalue weighted by Gasteiger charge is 2.31. The molecule has 0 amide bonds. The molecule has 3 heteroatoms. The summed E-state index contributed by atoms with van der Waals surface area (Å²) in [6, 6.07) is 0. The van der Waals surface area contributed by atoms with Crippen molar-refractivity contribution in [2.75, 3.05) is 6.61 Å². The van der Waals surface area contributed by atoms with Crippen molar-refractivity contribution in [1.29, 1.82) is 0 Å². The standard InChI is InChI=1S/C13H25NO2/c1-6-11(13(14,7-2)8-3)9-16-12(15)10(4)5/h11H,4,6-9,14H2,1-3,5H3. The van der Waals surface area contributed by atoms with Gasteiger partial charge in [-0.05, 0) is 26.2 Å². The summed E-state index contributed by atoms with van der Waals surface area (Å²) in [5.74, 6) is -0.112. The summed E-state index contributed by atoms with van der Waals surface area (Å²) >= 11 is 0. The normalized spacial score (nSPS) is 13.3. The molecule has 0 bridgehead atoms. The van der Waals surface area contributed by atoms with Crippen molar-refractivity contribution in [3.63, 3.8) is 0 Å². The van der Waals surface area contributed by atoms with Crippen LogP contribution in [0, 0.1) is 5.92 Å². The Morgan fingerprint density at radius 1 is 1.38 bits per heavy atom. The van der Waals surface area contributed by atoms with Crippen LogP contribution in [0.25, 0.3) is 0 Å². The highest BCUT2D eigenvalue weighted by atomic mass is 16.5. The molecule has 0 fully saturated rings. The van der Waals surface area contributed by atoms with Gasteiger partial charge in [0.1, 0.15) is 0 Å². The third-order valence-corrected chi connectivity index (χ3v) is 3.39. The zero-order valence-electron chi connectivity index (χ0n) is 11.0. The van der Waals surface area contributed by atoms with Crippen molar-refractivity contribution in [3.8, 4) is 0 Å². The second-order valence-corrected chi connectivity index (χ2v) is 4.42. The quantitative estimate of drug-likeness (QED) is 0.537. The summed E-state index contributed by atoms with van der Waals surface area (Å²) in [7, 11) is 0. The zero-order valence-corrected chi connectivity index (χ0v) is 11.0. The number of hydrogen-bond acceptors (Lipinski definition) is 3. The van der Waals surface area contributed by atoms with Crippen LogP contribution in [0.3, 0.4) is 0 Å². The van der Waals surface area contributed by atoms with Crippen molar-refractivity contribution in [2.45, 2.75) is 52.5 Å². The van der Waals surface area contributed by atoms with Gasteiger partial charge < -0.3 is 10.5 Å². The van der Waals surface area contributed by atoms with Gasteiger partial charge in [-0.2, -0.15) is 0 Å². The van der Waals surface area contributed by atoms with E-state index in [1.54, 1.807) is 6.92 Å². The first kappa shape index (κ1) is 15.2. The number of rotatable bonds is 7. The van der Waals surface area contributed by atoms with E-state index in [1.165, 1.54) is 0 Å². The molecule has 0 aliphatic rings. The molecule has 0 aromatic rings. The number of hydrogen-bond donors (Lipinski definition) is 1. The first-order chi connectivity index (χ1) is 7.41. The molecule has 0 spiro atoms. The van der Waals surface area contributed by atoms with Gasteiger partial charge in [-0.15, -0.1) is 0 Å². The highest BCUT2D eigenvalue weighted by Crippen LogP contribution is 2.25. The molecule has 1 atom stereocenters. The van der Waals surface area contributed by atoms with Crippen LogP contribution >= 0.6 is 0 Å². The third-order valence-electron chi connectivity index (χ3n) is 3.39. The summed E-state index contributed by atoms with van der Waals surface area (Å²) in [5.41, 5.74) is 6.50. The van der Waals surface area contributed by atoms with E-state index in [2.05, 4.69) is 27.4 Å². The Morgan fingerprint density at radius 2 is 1.88 bits per heavy atom. The Balaban J connectivity index is 4.41. The minimum Gasteiger partial charge on any atom is -0.462 e. The first-order valence-electron chi connectivity index (χ1n) is 6.02.